The van der Waals surface area contributed by atoms with Gasteiger partial charge in [-0.1, -0.05) is 330 Å². The van der Waals surface area contributed by atoms with E-state index >= 15 is 0 Å². The van der Waals surface area contributed by atoms with Gasteiger partial charge in [0.05, 0.1) is 26.4 Å². The molecule has 19 heteroatoms. The van der Waals surface area contributed by atoms with E-state index in [9.17, 15) is 43.2 Å². The van der Waals surface area contributed by atoms with Crippen molar-refractivity contribution in [3.05, 3.63) is 24.3 Å². The SMILES string of the molecule is CCCCCC/C=C\C=C/CCCCCCCC(=O)OC[C@H](COP(=O)(O)OCC(O)COP(=O)(O)OC[C@@H](COC(=O)CCCCCCCCCCC(C)C)OC(=O)CCCCCCCCC(C)CC)OC(=O)CCCCCCCCCCCCCCCCCCCCC(C)CC. The van der Waals surface area contributed by atoms with Crippen LogP contribution >= 0.6 is 15.6 Å². The zero-order valence-electron chi connectivity index (χ0n) is 63.7. The summed E-state index contributed by atoms with van der Waals surface area (Å²) < 4.78 is 68.5. The van der Waals surface area contributed by atoms with Crippen molar-refractivity contribution >= 4 is 39.5 Å². The maximum Gasteiger partial charge on any atom is 0.472 e. The Kier molecular flexibility index (Phi) is 67.2. The minimum absolute atomic E-state index is 0.100. The van der Waals surface area contributed by atoms with Crippen LogP contribution in [0.4, 0.5) is 0 Å². The number of hydrogen-bond acceptors (Lipinski definition) is 15. The van der Waals surface area contributed by atoms with E-state index in [4.69, 9.17) is 37.0 Å². The Bertz CT molecular complexity index is 2000. The molecule has 578 valence electrons. The Morgan fingerprint density at radius 1 is 0.337 bits per heavy atom. The molecule has 0 aliphatic rings. The first-order valence-corrected chi connectivity index (χ1v) is 43.2. The first-order chi connectivity index (χ1) is 47.3. The van der Waals surface area contributed by atoms with Crippen LogP contribution in [0.2, 0.25) is 0 Å². The molecule has 17 nitrogen and oxygen atoms in total. The standard InChI is InChI=1S/C79H150O17P2/c1-8-11-12-13-14-15-16-17-22-26-29-32-38-46-53-60-76(81)89-66-74(95-78(83)62-55-48-40-33-30-27-24-21-19-18-20-23-25-28-31-37-44-51-58-71(6)9-2)68-93-97(85,86)91-64-73(80)65-92-98(87,88)94-69-75(96-79(84)63-56-49-42-41-45-52-59-72(7)10-3)67-90-77(82)61-54-47-39-35-34-36-43-50-57-70(4)5/h15-17,22,70-75,80H,8-14,18-21,23-69H2,1-7H3,(H,85,86)(H,87,88)/b16-15-,22-17-/t71?,72?,73?,74-,75-/m1/s1. The number of unbranched alkanes of at least 4 members (excludes halogenated alkanes) is 38. The molecule has 0 aromatic rings. The molecule has 5 unspecified atom stereocenters. The quantitative estimate of drug-likeness (QED) is 0.0169. The number of phosphoric ester groups is 2. The van der Waals surface area contributed by atoms with Crippen LogP contribution in [0.5, 0.6) is 0 Å². The van der Waals surface area contributed by atoms with Crippen LogP contribution in [0.3, 0.4) is 0 Å². The number of rotatable bonds is 75. The highest BCUT2D eigenvalue weighted by Gasteiger charge is 2.30. The number of esters is 4. The predicted octanol–water partition coefficient (Wildman–Crippen LogP) is 22.9. The minimum atomic E-state index is -4.97. The van der Waals surface area contributed by atoms with Crippen molar-refractivity contribution in [3.63, 3.8) is 0 Å². The molecule has 7 atom stereocenters. The summed E-state index contributed by atoms with van der Waals surface area (Å²) in [4.78, 5) is 72.8. The first kappa shape index (κ1) is 95.5. The Balaban J connectivity index is 5.23. The zero-order valence-corrected chi connectivity index (χ0v) is 65.5. The third-order valence-corrected chi connectivity index (χ3v) is 20.4. The third kappa shape index (κ3) is 69.3. The molecular weight excluding hydrogens is 1280 g/mol. The first-order valence-electron chi connectivity index (χ1n) is 40.2. The maximum atomic E-state index is 13.1. The summed E-state index contributed by atoms with van der Waals surface area (Å²) in [5.74, 6) is 0.163. The average molecular weight is 1430 g/mol. The van der Waals surface area contributed by atoms with Gasteiger partial charge in [0.25, 0.3) is 0 Å². The van der Waals surface area contributed by atoms with E-state index in [0.29, 0.717) is 25.7 Å². The van der Waals surface area contributed by atoms with Crippen LogP contribution in [0.25, 0.3) is 0 Å². The molecule has 98 heavy (non-hydrogen) atoms. The van der Waals surface area contributed by atoms with Crippen molar-refractivity contribution in [2.24, 2.45) is 17.8 Å². The van der Waals surface area contributed by atoms with Crippen molar-refractivity contribution in [2.75, 3.05) is 39.6 Å². The topological polar surface area (TPSA) is 237 Å². The maximum absolute atomic E-state index is 13.1. The van der Waals surface area contributed by atoms with Crippen molar-refractivity contribution < 1.29 is 80.2 Å². The summed E-state index contributed by atoms with van der Waals surface area (Å²) in [6.45, 7) is 11.8. The van der Waals surface area contributed by atoms with Crippen LogP contribution in [0.15, 0.2) is 24.3 Å². The molecule has 0 spiro atoms. The number of carbonyl (C=O) groups is 4. The smallest absolute Gasteiger partial charge is 0.462 e. The Labute approximate surface area is 599 Å². The average Bonchev–Trinajstić information content (AvgIpc) is 1.07. The van der Waals surface area contributed by atoms with Gasteiger partial charge < -0.3 is 33.8 Å². The molecule has 0 aromatic heterocycles. The molecule has 0 fully saturated rings. The molecular formula is C79H150O17P2. The molecule has 0 rings (SSSR count). The van der Waals surface area contributed by atoms with Crippen molar-refractivity contribution in [2.45, 2.75) is 401 Å². The van der Waals surface area contributed by atoms with Gasteiger partial charge in [0.15, 0.2) is 12.2 Å². The lowest BCUT2D eigenvalue weighted by Crippen LogP contribution is -2.30. The van der Waals surface area contributed by atoms with E-state index in [2.05, 4.69) is 72.8 Å². The van der Waals surface area contributed by atoms with Crippen LogP contribution < -0.4 is 0 Å². The third-order valence-electron chi connectivity index (χ3n) is 18.5. The summed E-state index contributed by atoms with van der Waals surface area (Å²) in [6.07, 6.45) is 59.3. The van der Waals surface area contributed by atoms with Crippen LogP contribution in [-0.2, 0) is 65.4 Å². The zero-order chi connectivity index (χ0) is 72.3. The lowest BCUT2D eigenvalue weighted by atomic mass is 9.99. The molecule has 0 heterocycles. The fraction of sp³-hybridized carbons (Fsp3) is 0.899. The van der Waals surface area contributed by atoms with E-state index in [1.165, 1.54) is 173 Å². The summed E-state index contributed by atoms with van der Waals surface area (Å²) in [5.41, 5.74) is 0. The molecule has 0 aromatic carbocycles. The number of carbonyl (C=O) groups excluding carboxylic acids is 4. The Morgan fingerprint density at radius 2 is 0.602 bits per heavy atom. The minimum Gasteiger partial charge on any atom is -0.462 e. The molecule has 0 amide bonds. The molecule has 0 saturated heterocycles. The number of phosphoric acid groups is 2. The lowest BCUT2D eigenvalue weighted by molar-refractivity contribution is -0.161. The molecule has 3 N–H and O–H groups in total. The van der Waals surface area contributed by atoms with E-state index in [0.717, 1.165) is 127 Å². The second kappa shape index (κ2) is 68.9. The molecule has 0 aliphatic heterocycles. The largest absolute Gasteiger partial charge is 0.472 e. The van der Waals surface area contributed by atoms with Crippen molar-refractivity contribution in [1.82, 2.24) is 0 Å². The van der Waals surface area contributed by atoms with Gasteiger partial charge in [-0.2, -0.15) is 0 Å². The van der Waals surface area contributed by atoms with E-state index in [1.54, 1.807) is 0 Å². The van der Waals surface area contributed by atoms with Gasteiger partial charge in [0.1, 0.15) is 19.3 Å². The second-order valence-corrected chi connectivity index (χ2v) is 31.6. The van der Waals surface area contributed by atoms with Gasteiger partial charge in [-0.15, -0.1) is 0 Å². The summed E-state index contributed by atoms with van der Waals surface area (Å²) in [6, 6.07) is 0. The number of allylic oxidation sites excluding steroid dienone is 4. The van der Waals surface area contributed by atoms with Gasteiger partial charge >= 0.3 is 39.5 Å². The number of aliphatic hydroxyl groups excluding tert-OH is 1. The van der Waals surface area contributed by atoms with Gasteiger partial charge in [-0.05, 0) is 69.1 Å². The molecule has 0 radical (unpaired) electrons. The molecule has 0 bridgehead atoms. The second-order valence-electron chi connectivity index (χ2n) is 28.7. The highest BCUT2D eigenvalue weighted by molar-refractivity contribution is 7.47. The molecule has 0 saturated carbocycles. The van der Waals surface area contributed by atoms with E-state index < -0.39 is 97.5 Å². The van der Waals surface area contributed by atoms with Gasteiger partial charge in [-0.3, -0.25) is 37.3 Å². The number of hydrogen-bond donors (Lipinski definition) is 3. The predicted molar refractivity (Wildman–Crippen MR) is 400 cm³/mol. The van der Waals surface area contributed by atoms with E-state index in [1.807, 2.05) is 0 Å². The fourth-order valence-corrected chi connectivity index (χ4v) is 13.1. The number of aliphatic hydroxyl groups is 1. The van der Waals surface area contributed by atoms with Gasteiger partial charge in [-0.25, -0.2) is 9.13 Å². The van der Waals surface area contributed by atoms with Crippen LogP contribution in [-0.4, -0.2) is 96.7 Å². The van der Waals surface area contributed by atoms with Crippen molar-refractivity contribution in [3.8, 4) is 0 Å². The fourth-order valence-electron chi connectivity index (χ4n) is 11.5. The molecule has 0 aliphatic carbocycles. The van der Waals surface area contributed by atoms with E-state index in [-0.39, 0.29) is 25.7 Å². The van der Waals surface area contributed by atoms with Crippen LogP contribution in [0.1, 0.15) is 382 Å². The summed E-state index contributed by atoms with van der Waals surface area (Å²) in [7, 11) is -9.93. The highest BCUT2D eigenvalue weighted by Crippen LogP contribution is 2.45. The Hall–Kier alpha value is -2.46. The number of ether oxygens (including phenoxy) is 4. The summed E-state index contributed by atoms with van der Waals surface area (Å²) >= 11 is 0. The van der Waals surface area contributed by atoms with Crippen molar-refractivity contribution in [1.29, 1.82) is 0 Å². The normalized spacial score (nSPS) is 14.7. The lowest BCUT2D eigenvalue weighted by Gasteiger charge is -2.21. The Morgan fingerprint density at radius 3 is 0.908 bits per heavy atom. The summed E-state index contributed by atoms with van der Waals surface area (Å²) in [5, 5.41) is 10.6. The van der Waals surface area contributed by atoms with Crippen LogP contribution in [0, 0.1) is 17.8 Å². The highest BCUT2D eigenvalue weighted by atomic mass is 31.2. The van der Waals surface area contributed by atoms with Gasteiger partial charge in [0, 0.05) is 25.7 Å². The van der Waals surface area contributed by atoms with Gasteiger partial charge in [0.2, 0.25) is 0 Å². The monoisotopic (exact) mass is 1430 g/mol.